The predicted molar refractivity (Wildman–Crippen MR) is 104 cm³/mol. The van der Waals surface area contributed by atoms with E-state index >= 15 is 0 Å². The standard InChI is InChI=1S/C13H25NO3Si.C3H9ClSi/c1-13(2,3)16-12(15)14-9-7-11(8-10-14)17-18(4,5)6;1-5(2,3)4/h7H,8-10H2,1-6H3;1-3H3. The molecule has 0 aromatic carbocycles. The van der Waals surface area contributed by atoms with Crippen molar-refractivity contribution < 1.29 is 14.0 Å². The van der Waals surface area contributed by atoms with E-state index in [0.29, 0.717) is 13.1 Å². The molecule has 0 fully saturated rings. The van der Waals surface area contributed by atoms with E-state index in [0.717, 1.165) is 12.2 Å². The highest BCUT2D eigenvalue weighted by Crippen LogP contribution is 2.19. The van der Waals surface area contributed by atoms with Crippen molar-refractivity contribution in [2.45, 2.75) is 72.1 Å². The number of carbonyl (C=O) groups excluding carboxylic acids is 1. The Morgan fingerprint density at radius 2 is 1.65 bits per heavy atom. The van der Waals surface area contributed by atoms with Gasteiger partial charge < -0.3 is 14.1 Å². The summed E-state index contributed by atoms with van der Waals surface area (Å²) in [6, 6.07) is 0. The van der Waals surface area contributed by atoms with E-state index in [1.807, 2.05) is 26.8 Å². The molecule has 7 heteroatoms. The molecule has 1 aliphatic heterocycles. The second kappa shape index (κ2) is 8.58. The summed E-state index contributed by atoms with van der Waals surface area (Å²) in [6.07, 6.45) is 2.53. The summed E-state index contributed by atoms with van der Waals surface area (Å²) in [5.41, 5.74) is -0.435. The number of amides is 1. The molecule has 0 atom stereocenters. The lowest BCUT2D eigenvalue weighted by Gasteiger charge is -2.31. The van der Waals surface area contributed by atoms with E-state index in [9.17, 15) is 4.79 Å². The van der Waals surface area contributed by atoms with Crippen LogP contribution in [0.25, 0.3) is 0 Å². The Labute approximate surface area is 149 Å². The number of hydrogen-bond donors (Lipinski definition) is 0. The highest BCUT2D eigenvalue weighted by atomic mass is 35.6. The molecule has 0 radical (unpaired) electrons. The van der Waals surface area contributed by atoms with Gasteiger partial charge in [0.1, 0.15) is 13.0 Å². The lowest BCUT2D eigenvalue weighted by atomic mass is 10.2. The molecule has 0 spiro atoms. The van der Waals surface area contributed by atoms with Crippen LogP contribution < -0.4 is 0 Å². The molecule has 23 heavy (non-hydrogen) atoms. The first-order valence-corrected chi connectivity index (χ1v) is 16.0. The van der Waals surface area contributed by atoms with Gasteiger partial charge in [-0.05, 0) is 46.5 Å². The van der Waals surface area contributed by atoms with Gasteiger partial charge in [0, 0.05) is 19.5 Å². The number of halogens is 1. The molecular formula is C16H34ClNO3Si2. The molecule has 0 bridgehead atoms. The zero-order chi connectivity index (χ0) is 18.5. The van der Waals surface area contributed by atoms with Crippen molar-refractivity contribution in [2.24, 2.45) is 0 Å². The molecule has 0 aromatic heterocycles. The maximum atomic E-state index is 11.8. The monoisotopic (exact) mass is 379 g/mol. The summed E-state index contributed by atoms with van der Waals surface area (Å²) in [4.78, 5) is 13.6. The van der Waals surface area contributed by atoms with Crippen LogP contribution in [0.1, 0.15) is 27.2 Å². The van der Waals surface area contributed by atoms with Crippen LogP contribution in [-0.2, 0) is 9.16 Å². The molecular weight excluding hydrogens is 346 g/mol. The van der Waals surface area contributed by atoms with Crippen molar-refractivity contribution in [3.05, 3.63) is 11.8 Å². The van der Waals surface area contributed by atoms with Gasteiger partial charge in [-0.15, -0.1) is 0 Å². The van der Waals surface area contributed by atoms with Crippen LogP contribution in [0.15, 0.2) is 11.8 Å². The van der Waals surface area contributed by atoms with E-state index < -0.39 is 21.3 Å². The number of carbonyl (C=O) groups is 1. The minimum atomic E-state index is -1.54. The highest BCUT2D eigenvalue weighted by molar-refractivity contribution is 7.18. The Hall–Kier alpha value is -0.466. The fraction of sp³-hybridized carbons (Fsp3) is 0.812. The molecule has 1 aliphatic rings. The van der Waals surface area contributed by atoms with Gasteiger partial charge in [-0.2, -0.15) is 11.1 Å². The fourth-order valence-electron chi connectivity index (χ4n) is 1.63. The number of hydrogen-bond acceptors (Lipinski definition) is 3. The van der Waals surface area contributed by atoms with Gasteiger partial charge >= 0.3 is 6.09 Å². The van der Waals surface area contributed by atoms with Gasteiger partial charge in [0.15, 0.2) is 0 Å². The lowest BCUT2D eigenvalue weighted by molar-refractivity contribution is 0.0258. The third-order valence-electron chi connectivity index (χ3n) is 2.26. The first-order valence-electron chi connectivity index (χ1n) is 8.12. The van der Waals surface area contributed by atoms with Crippen molar-refractivity contribution >= 4 is 32.9 Å². The van der Waals surface area contributed by atoms with Crippen LogP contribution >= 0.6 is 11.1 Å². The van der Waals surface area contributed by atoms with Crippen LogP contribution in [0.4, 0.5) is 4.79 Å². The normalized spacial score (nSPS) is 16.1. The van der Waals surface area contributed by atoms with Gasteiger partial charge in [-0.3, -0.25) is 0 Å². The Bertz CT molecular complexity index is 415. The minimum Gasteiger partial charge on any atom is -0.547 e. The van der Waals surface area contributed by atoms with Crippen LogP contribution in [0.3, 0.4) is 0 Å². The van der Waals surface area contributed by atoms with Crippen molar-refractivity contribution in [3.8, 4) is 0 Å². The summed E-state index contributed by atoms with van der Waals surface area (Å²) in [5.74, 6) is 1.02. The average molecular weight is 380 g/mol. The molecule has 0 aromatic rings. The van der Waals surface area contributed by atoms with Crippen LogP contribution in [0, 0.1) is 0 Å². The van der Waals surface area contributed by atoms with Crippen molar-refractivity contribution in [1.29, 1.82) is 0 Å². The fourth-order valence-corrected chi connectivity index (χ4v) is 2.60. The second-order valence-electron chi connectivity index (χ2n) is 8.63. The lowest BCUT2D eigenvalue weighted by Crippen LogP contribution is -2.40. The predicted octanol–water partition coefficient (Wildman–Crippen LogP) is 5.42. The second-order valence-corrected chi connectivity index (χ2v) is 20.6. The Kier molecular flexibility index (Phi) is 8.40. The van der Waals surface area contributed by atoms with Crippen molar-refractivity contribution in [3.63, 3.8) is 0 Å². The van der Waals surface area contributed by atoms with E-state index in [-0.39, 0.29) is 6.09 Å². The SMILES string of the molecule is CC(C)(C)OC(=O)N1CC=C(O[Si](C)(C)C)CC1.C[Si](C)(C)Cl. The van der Waals surface area contributed by atoms with E-state index in [2.05, 4.69) is 39.3 Å². The summed E-state index contributed by atoms with van der Waals surface area (Å²) in [6.45, 7) is 19.6. The maximum absolute atomic E-state index is 11.8. The molecule has 1 heterocycles. The van der Waals surface area contributed by atoms with Crippen molar-refractivity contribution in [1.82, 2.24) is 4.90 Å². The molecule has 136 valence electrons. The first-order chi connectivity index (χ1) is 10.1. The third kappa shape index (κ3) is 14.8. The Morgan fingerprint density at radius 3 is 1.96 bits per heavy atom. The summed E-state index contributed by atoms with van der Waals surface area (Å²) in [5, 5.41) is 0. The van der Waals surface area contributed by atoms with E-state index in [1.165, 1.54) is 0 Å². The van der Waals surface area contributed by atoms with Gasteiger partial charge in [-0.1, -0.05) is 19.6 Å². The summed E-state index contributed by atoms with van der Waals surface area (Å²) in [7, 11) is -2.67. The summed E-state index contributed by atoms with van der Waals surface area (Å²) < 4.78 is 11.3. The molecule has 4 nitrogen and oxygen atoms in total. The molecule has 1 rings (SSSR count). The van der Waals surface area contributed by atoms with Crippen LogP contribution in [0.2, 0.25) is 39.3 Å². The van der Waals surface area contributed by atoms with Crippen molar-refractivity contribution in [2.75, 3.05) is 13.1 Å². The molecule has 0 unspecified atom stereocenters. The molecule has 0 aliphatic carbocycles. The quantitative estimate of drug-likeness (QED) is 0.474. The van der Waals surface area contributed by atoms with Gasteiger partial charge in [0.05, 0.1) is 5.76 Å². The topological polar surface area (TPSA) is 38.8 Å². The molecule has 0 saturated carbocycles. The Morgan fingerprint density at radius 1 is 1.17 bits per heavy atom. The van der Waals surface area contributed by atoms with Gasteiger partial charge in [0.25, 0.3) is 0 Å². The molecule has 0 N–H and O–H groups in total. The van der Waals surface area contributed by atoms with Gasteiger partial charge in [0.2, 0.25) is 8.32 Å². The first kappa shape index (κ1) is 22.5. The maximum Gasteiger partial charge on any atom is 0.410 e. The number of nitrogens with zero attached hydrogens (tertiary/aromatic N) is 1. The average Bonchev–Trinajstić information content (AvgIpc) is 2.22. The zero-order valence-electron chi connectivity index (χ0n) is 16.2. The summed E-state index contributed by atoms with van der Waals surface area (Å²) >= 11 is 5.67. The molecule has 1 amide bonds. The van der Waals surface area contributed by atoms with E-state index in [4.69, 9.17) is 20.2 Å². The highest BCUT2D eigenvalue weighted by Gasteiger charge is 2.25. The third-order valence-corrected chi connectivity index (χ3v) is 3.13. The van der Waals surface area contributed by atoms with Gasteiger partial charge in [-0.25, -0.2) is 4.79 Å². The molecule has 0 saturated heterocycles. The number of rotatable bonds is 2. The zero-order valence-corrected chi connectivity index (χ0v) is 19.0. The number of ether oxygens (including phenoxy) is 1. The Balaban J connectivity index is 0.000000841. The smallest absolute Gasteiger partial charge is 0.410 e. The minimum absolute atomic E-state index is 0.245. The van der Waals surface area contributed by atoms with Crippen LogP contribution in [-0.4, -0.2) is 45.4 Å². The van der Waals surface area contributed by atoms with Crippen LogP contribution in [0.5, 0.6) is 0 Å². The largest absolute Gasteiger partial charge is 0.547 e. The van der Waals surface area contributed by atoms with E-state index in [1.54, 1.807) is 4.90 Å².